The number of nitrogens with zero attached hydrogens (tertiary/aromatic N) is 4. The molecule has 3 rings (SSSR count). The molecule has 3 aliphatic rings. The van der Waals surface area contributed by atoms with Crippen LogP contribution in [0.4, 0.5) is 0 Å². The van der Waals surface area contributed by atoms with Crippen LogP contribution in [0.25, 0.3) is 0 Å². The van der Waals surface area contributed by atoms with E-state index < -0.39 is 71.6 Å². The van der Waals surface area contributed by atoms with Crippen molar-refractivity contribution in [3.63, 3.8) is 0 Å². The van der Waals surface area contributed by atoms with Gasteiger partial charge in [-0.05, 0) is 25.7 Å². The van der Waals surface area contributed by atoms with Crippen molar-refractivity contribution in [2.45, 2.75) is 63.8 Å². The van der Waals surface area contributed by atoms with Crippen molar-refractivity contribution >= 4 is 65.0 Å². The van der Waals surface area contributed by atoms with Crippen molar-refractivity contribution in [1.82, 2.24) is 35.7 Å². The summed E-state index contributed by atoms with van der Waals surface area (Å²) in [6.07, 6.45) is 4.11. The Hall–Kier alpha value is -6.11. The number of hydrogen-bond donors (Lipinski definition) is 3. The topological polar surface area (TPSA) is 329 Å². The normalized spacial score (nSPS) is 14.6. The Bertz CT molecular complexity index is 1870. The molecule has 3 N–H and O–H groups in total. The van der Waals surface area contributed by atoms with Gasteiger partial charge in [0.15, 0.2) is 0 Å². The molecule has 1 fully saturated rings. The van der Waals surface area contributed by atoms with E-state index in [1.807, 2.05) is 0 Å². The molecule has 28 nitrogen and oxygen atoms in total. The van der Waals surface area contributed by atoms with E-state index in [9.17, 15) is 52.7 Å². The minimum atomic E-state index is -1.11. The Balaban J connectivity index is 1.29. The Kier molecular flexibility index (Phi) is 34.0. The Morgan fingerprint density at radius 2 is 0.948 bits per heavy atom. The molecule has 0 saturated carbocycles. The van der Waals surface area contributed by atoms with Crippen LogP contribution in [0.2, 0.25) is 0 Å². The van der Waals surface area contributed by atoms with Gasteiger partial charge in [-0.2, -0.15) is 0 Å². The van der Waals surface area contributed by atoms with Gasteiger partial charge < -0.3 is 68.3 Å². The number of methoxy groups -OCH3 is 1. The number of carbonyl (C=O) groups excluding carboxylic acids is 11. The Morgan fingerprint density at radius 3 is 1.40 bits per heavy atom. The number of rotatable bonds is 47. The van der Waals surface area contributed by atoms with Gasteiger partial charge in [0.1, 0.15) is 12.6 Å². The third-order valence-corrected chi connectivity index (χ3v) is 11.1. The molecule has 0 aliphatic carbocycles. The number of ether oxygens (including phenoxy) is 9. The van der Waals surface area contributed by atoms with Gasteiger partial charge in [-0.3, -0.25) is 57.7 Å². The number of unbranched alkanes of at least 4 members (excludes halogenated alkanes) is 1. The highest BCUT2D eigenvalue weighted by atomic mass is 16.7. The quantitative estimate of drug-likeness (QED) is 0.0419. The molecular weight excluding hydrogens is 1020 g/mol. The maximum Gasteiger partial charge on any atom is 0.333 e. The number of imide groups is 3. The second kappa shape index (κ2) is 40.2. The zero-order valence-corrected chi connectivity index (χ0v) is 43.9. The lowest BCUT2D eigenvalue weighted by Gasteiger charge is -2.27. The minimum absolute atomic E-state index is 0.0449. The number of nitrogens with one attached hydrogen (secondary N) is 3. The maximum atomic E-state index is 13.4. The first kappa shape index (κ1) is 65.2. The summed E-state index contributed by atoms with van der Waals surface area (Å²) in [5.41, 5.74) is 0. The second-order valence-corrected chi connectivity index (χ2v) is 16.9. The Morgan fingerprint density at radius 1 is 0.519 bits per heavy atom. The van der Waals surface area contributed by atoms with Gasteiger partial charge in [0.25, 0.3) is 35.4 Å². The first-order chi connectivity index (χ1) is 37.3. The predicted octanol–water partition coefficient (Wildman–Crippen LogP) is -2.50. The zero-order valence-electron chi connectivity index (χ0n) is 43.9. The second-order valence-electron chi connectivity index (χ2n) is 16.9. The van der Waals surface area contributed by atoms with Crippen molar-refractivity contribution in [3.05, 3.63) is 24.3 Å². The molecule has 0 bridgehead atoms. The third-order valence-electron chi connectivity index (χ3n) is 11.1. The molecular formula is C49H75N7O21. The summed E-state index contributed by atoms with van der Waals surface area (Å²) in [6, 6.07) is -1.11. The van der Waals surface area contributed by atoms with Gasteiger partial charge in [0.05, 0.1) is 106 Å². The van der Waals surface area contributed by atoms with Crippen LogP contribution >= 0.6 is 0 Å². The number of hydroxylamine groups is 2. The molecule has 0 unspecified atom stereocenters. The molecule has 77 heavy (non-hydrogen) atoms. The molecule has 3 heterocycles. The summed E-state index contributed by atoms with van der Waals surface area (Å²) in [7, 11) is 1.62. The lowest BCUT2D eigenvalue weighted by molar-refractivity contribution is -0.197. The summed E-state index contributed by atoms with van der Waals surface area (Å²) in [5.74, 6) is -6.69. The molecule has 0 aromatic rings. The van der Waals surface area contributed by atoms with E-state index in [2.05, 4.69) is 16.0 Å². The molecule has 0 spiro atoms. The van der Waals surface area contributed by atoms with E-state index in [1.165, 1.54) is 4.90 Å². The lowest BCUT2D eigenvalue weighted by Crippen LogP contribution is -2.47. The first-order valence-electron chi connectivity index (χ1n) is 25.7. The number of amides is 10. The predicted molar refractivity (Wildman–Crippen MR) is 264 cm³/mol. The van der Waals surface area contributed by atoms with E-state index in [-0.39, 0.29) is 104 Å². The average molecular weight is 1100 g/mol. The summed E-state index contributed by atoms with van der Waals surface area (Å²) in [4.78, 5) is 145. The molecule has 0 radical (unpaired) electrons. The van der Waals surface area contributed by atoms with Gasteiger partial charge >= 0.3 is 5.97 Å². The minimum Gasteiger partial charge on any atom is -0.382 e. The largest absolute Gasteiger partial charge is 0.382 e. The van der Waals surface area contributed by atoms with Crippen molar-refractivity contribution in [2.75, 3.05) is 159 Å². The summed E-state index contributed by atoms with van der Waals surface area (Å²) in [6.45, 7) is 5.92. The van der Waals surface area contributed by atoms with E-state index in [1.54, 1.807) is 7.11 Å². The van der Waals surface area contributed by atoms with Gasteiger partial charge in [-0.1, -0.05) is 0 Å². The van der Waals surface area contributed by atoms with Crippen LogP contribution in [0, 0.1) is 0 Å². The molecule has 0 aromatic carbocycles. The molecule has 0 aromatic heterocycles. The van der Waals surface area contributed by atoms with Crippen molar-refractivity contribution in [2.24, 2.45) is 0 Å². The standard InChI is InChI=1S/C49H75N7O21/c1-68-21-22-69-23-24-70-25-26-71-27-28-72-29-30-73-31-32-74-33-34-75-35-36-76-37-40(58)50-15-3-2-5-38(49(67)51-16-4-6-48(66)77-56-46(64)13-14-47(56)65)52-39(57)7-8-41(59)53(17-19-54-42(60)9-10-43(54)61)18-20-55-44(62)11-12-45(55)63/h9-12,38H,2-8,13-37H2,1H3,(H,50,58)(H,51,67)(H,52,57)/t38-/m0/s1. The maximum absolute atomic E-state index is 13.4. The lowest BCUT2D eigenvalue weighted by atomic mass is 10.1. The molecule has 3 aliphatic heterocycles. The molecule has 28 heteroatoms. The molecule has 432 valence electrons. The summed E-state index contributed by atoms with van der Waals surface area (Å²) in [5, 5.41) is 8.40. The third kappa shape index (κ3) is 28.7. The number of hydrogen-bond acceptors (Lipinski definition) is 21. The van der Waals surface area contributed by atoms with Crippen LogP contribution < -0.4 is 16.0 Å². The van der Waals surface area contributed by atoms with Crippen LogP contribution in [0.15, 0.2) is 24.3 Å². The van der Waals surface area contributed by atoms with Gasteiger partial charge in [-0.15, -0.1) is 5.06 Å². The fraction of sp³-hybridized carbons (Fsp3) is 0.694. The van der Waals surface area contributed by atoms with Gasteiger partial charge in [0.2, 0.25) is 23.6 Å². The first-order valence-corrected chi connectivity index (χ1v) is 25.7. The van der Waals surface area contributed by atoms with E-state index >= 15 is 0 Å². The summed E-state index contributed by atoms with van der Waals surface area (Å²) >= 11 is 0. The van der Waals surface area contributed by atoms with E-state index in [4.69, 9.17) is 47.5 Å². The van der Waals surface area contributed by atoms with Gasteiger partial charge in [0, 0.05) is 103 Å². The number of carbonyl (C=O) groups is 11. The van der Waals surface area contributed by atoms with Crippen LogP contribution in [-0.2, 0) is 100 Å². The highest BCUT2D eigenvalue weighted by Crippen LogP contribution is 2.13. The van der Waals surface area contributed by atoms with Crippen LogP contribution in [0.5, 0.6) is 0 Å². The van der Waals surface area contributed by atoms with Crippen molar-refractivity contribution in [3.8, 4) is 0 Å². The summed E-state index contributed by atoms with van der Waals surface area (Å²) < 4.78 is 48.3. The highest BCUT2D eigenvalue weighted by Gasteiger charge is 2.33. The molecule has 1 atom stereocenters. The zero-order chi connectivity index (χ0) is 55.9. The van der Waals surface area contributed by atoms with Crippen molar-refractivity contribution in [1.29, 1.82) is 0 Å². The van der Waals surface area contributed by atoms with Crippen LogP contribution in [-0.4, -0.2) is 250 Å². The van der Waals surface area contributed by atoms with Crippen LogP contribution in [0.3, 0.4) is 0 Å². The monoisotopic (exact) mass is 1100 g/mol. The van der Waals surface area contributed by atoms with Crippen molar-refractivity contribution < 1.29 is 100 Å². The van der Waals surface area contributed by atoms with Crippen LogP contribution in [0.1, 0.15) is 57.8 Å². The molecule has 1 saturated heterocycles. The fourth-order valence-corrected chi connectivity index (χ4v) is 6.99. The van der Waals surface area contributed by atoms with E-state index in [0.717, 1.165) is 34.1 Å². The van der Waals surface area contributed by atoms with E-state index in [0.29, 0.717) is 110 Å². The average Bonchev–Trinajstić information content (AvgIpc) is 4.04. The van der Waals surface area contributed by atoms with Gasteiger partial charge in [-0.25, -0.2) is 4.79 Å². The smallest absolute Gasteiger partial charge is 0.333 e. The Labute approximate surface area is 446 Å². The molecule has 10 amide bonds. The highest BCUT2D eigenvalue weighted by molar-refractivity contribution is 6.13. The fourth-order valence-electron chi connectivity index (χ4n) is 6.99. The SMILES string of the molecule is COCCOCCOCCOCCOCCOCCOCCOCCOCC(=O)NCCCC[C@H](NC(=O)CCC(=O)N(CCN1C(=O)C=CC1=O)CCN1C(=O)C=CC1=O)C(=O)NCCCC(=O)ON1C(=O)CCC1=O.